The third kappa shape index (κ3) is 4.11. The van der Waals surface area contributed by atoms with Gasteiger partial charge in [0.2, 0.25) is 0 Å². The smallest absolute Gasteiger partial charge is 0.151 e. The molecule has 0 aliphatic carbocycles. The SMILES string of the molecule is CCCC[S+]([O-])CCCCn1cnc2c(N)ncc(C)c21. The zero-order valence-electron chi connectivity index (χ0n) is 12.8. The first-order chi connectivity index (χ1) is 10.1. The van der Waals surface area contributed by atoms with E-state index in [0.29, 0.717) is 5.82 Å². The van der Waals surface area contributed by atoms with Crippen LogP contribution >= 0.6 is 0 Å². The number of hydrogen-bond donors (Lipinski definition) is 1. The Morgan fingerprint density at radius 1 is 1.24 bits per heavy atom. The van der Waals surface area contributed by atoms with E-state index in [1.165, 1.54) is 0 Å². The second-order valence-electron chi connectivity index (χ2n) is 5.37. The Labute approximate surface area is 129 Å². The van der Waals surface area contributed by atoms with Crippen molar-refractivity contribution in [1.29, 1.82) is 0 Å². The minimum atomic E-state index is -0.658. The van der Waals surface area contributed by atoms with Crippen molar-refractivity contribution in [3.8, 4) is 0 Å². The van der Waals surface area contributed by atoms with Crippen LogP contribution in [0, 0.1) is 6.92 Å². The third-order valence-electron chi connectivity index (χ3n) is 3.60. The highest BCUT2D eigenvalue weighted by molar-refractivity contribution is 7.91. The molecule has 0 aliphatic rings. The van der Waals surface area contributed by atoms with Crippen molar-refractivity contribution in [3.05, 3.63) is 18.1 Å². The minimum absolute atomic E-state index is 0.481. The molecule has 2 aromatic heterocycles. The molecular weight excluding hydrogens is 284 g/mol. The fraction of sp³-hybridized carbons (Fsp3) is 0.600. The highest BCUT2D eigenvalue weighted by Crippen LogP contribution is 2.21. The summed E-state index contributed by atoms with van der Waals surface area (Å²) in [6.07, 6.45) is 7.77. The van der Waals surface area contributed by atoms with Crippen LogP contribution in [-0.2, 0) is 17.7 Å². The van der Waals surface area contributed by atoms with Crippen molar-refractivity contribution in [2.24, 2.45) is 0 Å². The van der Waals surface area contributed by atoms with Gasteiger partial charge in [0, 0.05) is 12.7 Å². The van der Waals surface area contributed by atoms with Crippen LogP contribution in [0.3, 0.4) is 0 Å². The lowest BCUT2D eigenvalue weighted by Gasteiger charge is -2.11. The van der Waals surface area contributed by atoms with E-state index >= 15 is 0 Å². The number of hydrogen-bond acceptors (Lipinski definition) is 4. The van der Waals surface area contributed by atoms with E-state index in [1.807, 2.05) is 13.3 Å². The number of imidazole rings is 1. The number of nitrogens with zero attached hydrogens (tertiary/aromatic N) is 3. The maximum atomic E-state index is 11.7. The molecule has 21 heavy (non-hydrogen) atoms. The summed E-state index contributed by atoms with van der Waals surface area (Å²) in [4.78, 5) is 8.48. The normalized spacial score (nSPS) is 12.9. The quantitative estimate of drug-likeness (QED) is 0.600. The Bertz CT molecular complexity index is 584. The molecule has 0 spiro atoms. The Balaban J connectivity index is 1.88. The van der Waals surface area contributed by atoms with Gasteiger partial charge in [0.15, 0.2) is 5.82 Å². The molecule has 0 amide bonds. The van der Waals surface area contributed by atoms with Crippen LogP contribution < -0.4 is 5.73 Å². The first-order valence-corrected chi connectivity index (χ1v) is 9.03. The maximum absolute atomic E-state index is 11.7. The van der Waals surface area contributed by atoms with Gasteiger partial charge >= 0.3 is 0 Å². The zero-order chi connectivity index (χ0) is 15.2. The van der Waals surface area contributed by atoms with Gasteiger partial charge in [0.25, 0.3) is 0 Å². The molecule has 116 valence electrons. The van der Waals surface area contributed by atoms with Crippen LogP contribution in [0.4, 0.5) is 5.82 Å². The number of unbranched alkanes of at least 4 members (excludes halogenated alkanes) is 2. The molecule has 1 atom stereocenters. The van der Waals surface area contributed by atoms with E-state index in [4.69, 9.17) is 5.73 Å². The monoisotopic (exact) mass is 308 g/mol. The summed E-state index contributed by atoms with van der Waals surface area (Å²) in [5, 5.41) is 0. The summed E-state index contributed by atoms with van der Waals surface area (Å²) >= 11 is -0.658. The Hall–Kier alpha value is -1.27. The summed E-state index contributed by atoms with van der Waals surface area (Å²) in [6.45, 7) is 5.03. The van der Waals surface area contributed by atoms with Crippen molar-refractivity contribution in [2.75, 3.05) is 17.2 Å². The summed E-state index contributed by atoms with van der Waals surface area (Å²) in [7, 11) is 0. The predicted octanol–water partition coefficient (Wildman–Crippen LogP) is 2.65. The molecule has 6 heteroatoms. The molecular formula is C15H24N4OS. The van der Waals surface area contributed by atoms with Crippen molar-refractivity contribution < 1.29 is 4.55 Å². The summed E-state index contributed by atoms with van der Waals surface area (Å²) in [5.41, 5.74) is 8.78. The molecule has 0 aromatic carbocycles. The van der Waals surface area contributed by atoms with Gasteiger partial charge in [-0.25, -0.2) is 9.97 Å². The predicted molar refractivity (Wildman–Crippen MR) is 88.7 cm³/mol. The van der Waals surface area contributed by atoms with Gasteiger partial charge < -0.3 is 14.9 Å². The molecule has 0 fully saturated rings. The van der Waals surface area contributed by atoms with Crippen LogP contribution in [0.1, 0.15) is 38.2 Å². The van der Waals surface area contributed by atoms with E-state index in [-0.39, 0.29) is 0 Å². The number of anilines is 1. The number of rotatable bonds is 8. The molecule has 0 saturated heterocycles. The lowest BCUT2D eigenvalue weighted by atomic mass is 10.2. The molecule has 2 rings (SSSR count). The van der Waals surface area contributed by atoms with E-state index in [9.17, 15) is 4.55 Å². The Kier molecular flexibility index (Phi) is 5.87. The highest BCUT2D eigenvalue weighted by atomic mass is 32.2. The number of aryl methyl sites for hydroxylation is 2. The molecule has 2 aromatic rings. The molecule has 0 radical (unpaired) electrons. The molecule has 1 unspecified atom stereocenters. The van der Waals surface area contributed by atoms with Gasteiger partial charge in [-0.3, -0.25) is 0 Å². The average Bonchev–Trinajstić information content (AvgIpc) is 2.90. The van der Waals surface area contributed by atoms with Gasteiger partial charge in [-0.1, -0.05) is 24.5 Å². The van der Waals surface area contributed by atoms with Crippen LogP contribution in [-0.4, -0.2) is 30.6 Å². The summed E-state index contributed by atoms with van der Waals surface area (Å²) in [6, 6.07) is 0. The molecule has 5 nitrogen and oxygen atoms in total. The fourth-order valence-corrected chi connectivity index (χ4v) is 3.73. The fourth-order valence-electron chi connectivity index (χ4n) is 2.39. The number of aromatic nitrogens is 3. The van der Waals surface area contributed by atoms with Crippen LogP contribution in [0.5, 0.6) is 0 Å². The summed E-state index contributed by atoms with van der Waals surface area (Å²) in [5.74, 6) is 2.12. The van der Waals surface area contributed by atoms with Gasteiger partial charge in [-0.2, -0.15) is 0 Å². The zero-order valence-corrected chi connectivity index (χ0v) is 13.7. The van der Waals surface area contributed by atoms with Crippen LogP contribution in [0.25, 0.3) is 11.0 Å². The minimum Gasteiger partial charge on any atom is -0.616 e. The third-order valence-corrected chi connectivity index (χ3v) is 5.09. The lowest BCUT2D eigenvalue weighted by Crippen LogP contribution is -2.11. The van der Waals surface area contributed by atoms with Gasteiger partial charge in [-0.15, -0.1) is 0 Å². The van der Waals surface area contributed by atoms with E-state index in [1.54, 1.807) is 6.20 Å². The first kappa shape index (κ1) is 16.1. The molecule has 0 aliphatic heterocycles. The van der Waals surface area contributed by atoms with Crippen molar-refractivity contribution in [1.82, 2.24) is 14.5 Å². The van der Waals surface area contributed by atoms with Gasteiger partial charge in [0.05, 0.1) is 11.8 Å². The maximum Gasteiger partial charge on any atom is 0.151 e. The topological polar surface area (TPSA) is 79.8 Å². The lowest BCUT2D eigenvalue weighted by molar-refractivity contribution is 0.581. The van der Waals surface area contributed by atoms with E-state index in [2.05, 4.69) is 21.5 Å². The molecule has 2 heterocycles. The van der Waals surface area contributed by atoms with E-state index < -0.39 is 11.2 Å². The second-order valence-corrected chi connectivity index (χ2v) is 7.07. The second kappa shape index (κ2) is 7.66. The Morgan fingerprint density at radius 2 is 2.00 bits per heavy atom. The number of fused-ring (bicyclic) bond motifs is 1. The van der Waals surface area contributed by atoms with Crippen LogP contribution in [0.2, 0.25) is 0 Å². The average molecular weight is 308 g/mol. The molecule has 0 bridgehead atoms. The van der Waals surface area contributed by atoms with Gasteiger partial charge in [-0.05, 0) is 31.7 Å². The first-order valence-electron chi connectivity index (χ1n) is 7.54. The summed E-state index contributed by atoms with van der Waals surface area (Å²) < 4.78 is 13.9. The van der Waals surface area contributed by atoms with Gasteiger partial charge in [0.1, 0.15) is 17.0 Å². The molecule has 0 saturated carbocycles. The largest absolute Gasteiger partial charge is 0.616 e. The van der Waals surface area contributed by atoms with Crippen molar-refractivity contribution in [2.45, 2.75) is 46.1 Å². The molecule has 2 N–H and O–H groups in total. The highest BCUT2D eigenvalue weighted by Gasteiger charge is 2.10. The Morgan fingerprint density at radius 3 is 2.76 bits per heavy atom. The number of nitrogen functional groups attached to an aromatic ring is 1. The van der Waals surface area contributed by atoms with Crippen LogP contribution in [0.15, 0.2) is 12.5 Å². The van der Waals surface area contributed by atoms with Crippen molar-refractivity contribution in [3.63, 3.8) is 0 Å². The van der Waals surface area contributed by atoms with Crippen molar-refractivity contribution >= 4 is 28.0 Å². The van der Waals surface area contributed by atoms with E-state index in [0.717, 1.165) is 60.3 Å². The number of pyridine rings is 1. The standard InChI is InChI=1S/C15H24N4OS/c1-3-4-8-21(20)9-6-5-7-19-11-18-13-14(19)12(2)10-17-15(13)16/h10-11H,3-9H2,1-2H3,(H2,16,17). The number of nitrogens with two attached hydrogens (primary N) is 1.